The molecule has 2 aromatic carbocycles. The molecule has 3 rings (SSSR count). The lowest BCUT2D eigenvalue weighted by atomic mass is 10.1. The second kappa shape index (κ2) is 8.75. The van der Waals surface area contributed by atoms with Crippen molar-refractivity contribution >= 4 is 35.2 Å². The molecule has 9 heteroatoms. The maximum Gasteiger partial charge on any atom is 0.335 e. The van der Waals surface area contributed by atoms with E-state index in [9.17, 15) is 9.59 Å². The topological polar surface area (TPSA) is 112 Å². The molecule has 4 N–H and O–H groups in total. The summed E-state index contributed by atoms with van der Waals surface area (Å²) >= 11 is 5.16. The van der Waals surface area contributed by atoms with Crippen LogP contribution in [0.5, 0.6) is 0 Å². The second-order valence-electron chi connectivity index (χ2n) is 6.77. The molecule has 1 heterocycles. The molecular weight excluding hydrogens is 402 g/mol. The zero-order valence-electron chi connectivity index (χ0n) is 16.7. The predicted molar refractivity (Wildman–Crippen MR) is 121 cm³/mol. The Bertz CT molecular complexity index is 1210. The number of H-pyrrole nitrogens is 1. The first-order chi connectivity index (χ1) is 14.3. The van der Waals surface area contributed by atoms with Crippen molar-refractivity contribution in [2.45, 2.75) is 20.8 Å². The third-order valence-electron chi connectivity index (χ3n) is 4.59. The van der Waals surface area contributed by atoms with Gasteiger partial charge in [0.05, 0.1) is 23.0 Å². The number of hydrazone groups is 1. The molecule has 0 aliphatic heterocycles. The zero-order valence-corrected chi connectivity index (χ0v) is 17.5. The lowest BCUT2D eigenvalue weighted by Gasteiger charge is -2.07. The Hall–Kier alpha value is -3.72. The van der Waals surface area contributed by atoms with Crippen molar-refractivity contribution < 1.29 is 9.90 Å². The number of carboxylic acids is 1. The number of aromatic carboxylic acids is 1. The number of carbonyl (C=O) groups is 1. The number of hydrogen-bond donors (Lipinski definition) is 4. The minimum Gasteiger partial charge on any atom is -0.478 e. The van der Waals surface area contributed by atoms with Crippen LogP contribution in [0.1, 0.15) is 32.7 Å². The van der Waals surface area contributed by atoms with Crippen molar-refractivity contribution in [2.24, 2.45) is 5.10 Å². The Balaban J connectivity index is 1.72. The number of aromatic amines is 1. The van der Waals surface area contributed by atoms with Gasteiger partial charge in [0.15, 0.2) is 5.11 Å². The molecule has 0 amide bonds. The van der Waals surface area contributed by atoms with Crippen molar-refractivity contribution in [2.75, 3.05) is 5.32 Å². The van der Waals surface area contributed by atoms with E-state index in [2.05, 4.69) is 20.9 Å². The van der Waals surface area contributed by atoms with Gasteiger partial charge in [0, 0.05) is 11.4 Å². The Morgan fingerprint density at radius 2 is 1.93 bits per heavy atom. The largest absolute Gasteiger partial charge is 0.478 e. The van der Waals surface area contributed by atoms with Crippen LogP contribution in [-0.4, -0.2) is 32.2 Å². The molecule has 0 saturated carbocycles. The number of nitrogens with zero attached hydrogens (tertiary/aromatic N) is 2. The summed E-state index contributed by atoms with van der Waals surface area (Å²) in [6, 6.07) is 12.0. The number of anilines is 1. The number of thiocarbonyl (C=S) groups is 1. The van der Waals surface area contributed by atoms with Crippen molar-refractivity contribution in [1.82, 2.24) is 15.2 Å². The van der Waals surface area contributed by atoms with Gasteiger partial charge in [-0.25, -0.2) is 9.48 Å². The summed E-state index contributed by atoms with van der Waals surface area (Å²) in [6.45, 7) is 5.79. The highest BCUT2D eigenvalue weighted by Crippen LogP contribution is 2.13. The van der Waals surface area contributed by atoms with E-state index in [-0.39, 0.29) is 16.2 Å². The molecule has 0 aliphatic rings. The minimum atomic E-state index is -1.03. The molecule has 8 nitrogen and oxygen atoms in total. The Labute approximate surface area is 178 Å². The quantitative estimate of drug-likeness (QED) is 0.285. The highest BCUT2D eigenvalue weighted by Gasteiger charge is 2.11. The Kier molecular flexibility index (Phi) is 6.12. The molecule has 0 bridgehead atoms. The Morgan fingerprint density at radius 3 is 2.63 bits per heavy atom. The van der Waals surface area contributed by atoms with Gasteiger partial charge < -0.3 is 10.4 Å². The van der Waals surface area contributed by atoms with Crippen molar-refractivity contribution in [3.05, 3.63) is 80.8 Å². The van der Waals surface area contributed by atoms with Gasteiger partial charge in [-0.05, 0) is 74.4 Å². The van der Waals surface area contributed by atoms with Gasteiger partial charge in [0.2, 0.25) is 0 Å². The van der Waals surface area contributed by atoms with Crippen LogP contribution >= 0.6 is 12.2 Å². The summed E-state index contributed by atoms with van der Waals surface area (Å²) in [7, 11) is 0. The first-order valence-corrected chi connectivity index (χ1v) is 9.49. The first kappa shape index (κ1) is 21.0. The second-order valence-corrected chi connectivity index (χ2v) is 7.18. The SMILES string of the molecule is Cc1ccc(-n2[nH]c(C)c(/C=N/NC(=S)Nc3cccc(C(=O)O)c3)c2=O)cc1C. The highest BCUT2D eigenvalue weighted by atomic mass is 32.1. The molecule has 0 radical (unpaired) electrons. The summed E-state index contributed by atoms with van der Waals surface area (Å²) in [6.07, 6.45) is 1.40. The fourth-order valence-corrected chi connectivity index (χ4v) is 2.97. The lowest BCUT2D eigenvalue weighted by molar-refractivity contribution is 0.0697. The van der Waals surface area contributed by atoms with Crippen LogP contribution in [0.25, 0.3) is 5.69 Å². The van der Waals surface area contributed by atoms with Gasteiger partial charge in [-0.15, -0.1) is 0 Å². The third kappa shape index (κ3) is 4.64. The van der Waals surface area contributed by atoms with E-state index < -0.39 is 5.97 Å². The van der Waals surface area contributed by atoms with E-state index >= 15 is 0 Å². The lowest BCUT2D eigenvalue weighted by Crippen LogP contribution is -2.24. The smallest absolute Gasteiger partial charge is 0.335 e. The molecule has 0 spiro atoms. The third-order valence-corrected chi connectivity index (χ3v) is 4.79. The minimum absolute atomic E-state index is 0.140. The summed E-state index contributed by atoms with van der Waals surface area (Å²) in [5, 5.41) is 19.1. The van der Waals surface area contributed by atoms with Crippen LogP contribution in [-0.2, 0) is 0 Å². The zero-order chi connectivity index (χ0) is 21.8. The summed E-state index contributed by atoms with van der Waals surface area (Å²) in [5.74, 6) is -1.03. The van der Waals surface area contributed by atoms with Crippen LogP contribution in [0, 0.1) is 20.8 Å². The molecule has 3 aromatic rings. The van der Waals surface area contributed by atoms with E-state index in [0.29, 0.717) is 16.9 Å². The molecule has 30 heavy (non-hydrogen) atoms. The maximum atomic E-state index is 12.8. The van der Waals surface area contributed by atoms with E-state index in [1.165, 1.54) is 23.0 Å². The number of aryl methyl sites for hydroxylation is 3. The molecular formula is C21H21N5O3S. The van der Waals surface area contributed by atoms with Crippen molar-refractivity contribution in [1.29, 1.82) is 0 Å². The molecule has 1 aromatic heterocycles. The van der Waals surface area contributed by atoms with Crippen LogP contribution < -0.4 is 16.3 Å². The van der Waals surface area contributed by atoms with Gasteiger partial charge in [-0.2, -0.15) is 5.10 Å². The maximum absolute atomic E-state index is 12.8. The number of aromatic nitrogens is 2. The van der Waals surface area contributed by atoms with Crippen molar-refractivity contribution in [3.63, 3.8) is 0 Å². The van der Waals surface area contributed by atoms with Gasteiger partial charge in [-0.1, -0.05) is 12.1 Å². The highest BCUT2D eigenvalue weighted by molar-refractivity contribution is 7.80. The number of carboxylic acid groups (broad SMARTS) is 1. The number of nitrogens with one attached hydrogen (secondary N) is 3. The fraction of sp³-hybridized carbons (Fsp3) is 0.143. The average molecular weight is 423 g/mol. The standard InChI is InChI=1S/C21H21N5O3S/c1-12-7-8-17(9-13(12)2)26-19(27)18(14(3)25-26)11-22-24-21(30)23-16-6-4-5-15(10-16)20(28)29/h4-11,25H,1-3H3,(H,28,29)(H2,23,24,30)/b22-11+. The van der Waals surface area contributed by atoms with E-state index in [1.54, 1.807) is 19.1 Å². The molecule has 154 valence electrons. The predicted octanol–water partition coefficient (Wildman–Crippen LogP) is 3.11. The number of benzene rings is 2. The molecule has 0 aliphatic carbocycles. The van der Waals surface area contributed by atoms with Gasteiger partial charge in [0.1, 0.15) is 0 Å². The molecule has 0 fully saturated rings. The van der Waals surface area contributed by atoms with E-state index in [1.807, 2.05) is 32.0 Å². The molecule has 0 unspecified atom stereocenters. The molecule has 0 saturated heterocycles. The Morgan fingerprint density at radius 1 is 1.17 bits per heavy atom. The van der Waals surface area contributed by atoms with E-state index in [0.717, 1.165) is 16.8 Å². The normalized spacial score (nSPS) is 10.9. The van der Waals surface area contributed by atoms with Crippen LogP contribution in [0.4, 0.5) is 5.69 Å². The first-order valence-electron chi connectivity index (χ1n) is 9.09. The van der Waals surface area contributed by atoms with Crippen LogP contribution in [0.15, 0.2) is 52.4 Å². The van der Waals surface area contributed by atoms with Gasteiger partial charge in [0.25, 0.3) is 5.56 Å². The van der Waals surface area contributed by atoms with E-state index in [4.69, 9.17) is 17.3 Å². The number of rotatable bonds is 5. The molecule has 0 atom stereocenters. The fourth-order valence-electron chi connectivity index (χ4n) is 2.80. The monoisotopic (exact) mass is 423 g/mol. The summed E-state index contributed by atoms with van der Waals surface area (Å²) in [5.41, 5.74) is 7.10. The van der Waals surface area contributed by atoms with Gasteiger partial charge in [-0.3, -0.25) is 15.3 Å². The summed E-state index contributed by atoms with van der Waals surface area (Å²) < 4.78 is 1.47. The van der Waals surface area contributed by atoms with Crippen molar-refractivity contribution in [3.8, 4) is 5.69 Å². The van der Waals surface area contributed by atoms with Crippen LogP contribution in [0.3, 0.4) is 0 Å². The average Bonchev–Trinajstić information content (AvgIpc) is 2.98. The van der Waals surface area contributed by atoms with Gasteiger partial charge >= 0.3 is 5.97 Å². The van der Waals surface area contributed by atoms with Crippen LogP contribution in [0.2, 0.25) is 0 Å². The number of hydrogen-bond acceptors (Lipinski definition) is 4. The summed E-state index contributed by atoms with van der Waals surface area (Å²) in [4.78, 5) is 23.8.